The molecule has 1 N–H and O–H groups in total. The first-order valence-corrected chi connectivity index (χ1v) is 6.91. The molecule has 1 atom stereocenters. The van der Waals surface area contributed by atoms with Crippen molar-refractivity contribution in [3.05, 3.63) is 40.9 Å². The molecule has 0 radical (unpaired) electrons. The van der Waals surface area contributed by atoms with Gasteiger partial charge in [-0.15, -0.1) is 0 Å². The highest BCUT2D eigenvalue weighted by Crippen LogP contribution is 2.26. The Morgan fingerprint density at radius 1 is 1.45 bits per heavy atom. The van der Waals surface area contributed by atoms with E-state index in [1.165, 1.54) is 6.08 Å². The number of ether oxygens (including phenoxy) is 1. The molecule has 0 bridgehead atoms. The van der Waals surface area contributed by atoms with E-state index < -0.39 is 5.97 Å². The zero-order valence-corrected chi connectivity index (χ0v) is 11.9. The normalized spacial score (nSPS) is 18.8. The average Bonchev–Trinajstić information content (AvgIpc) is 2.84. The Hall–Kier alpha value is -1.81. The smallest absolute Gasteiger partial charge is 0.331 e. The number of halogens is 1. The topological polar surface area (TPSA) is 55.4 Å². The summed E-state index contributed by atoms with van der Waals surface area (Å²) >= 11 is 5.87. The summed E-state index contributed by atoms with van der Waals surface area (Å²) in [5, 5.41) is 3.49. The SMILES string of the molecule is CCOC(=O)/C=C(\c1ccc(Cl)cc1)C1CCC(=O)N1. The number of amides is 1. The van der Waals surface area contributed by atoms with Crippen molar-refractivity contribution in [3.63, 3.8) is 0 Å². The maximum absolute atomic E-state index is 11.7. The fraction of sp³-hybridized carbons (Fsp3) is 0.333. The summed E-state index contributed by atoms with van der Waals surface area (Å²) in [6.45, 7) is 2.07. The number of nitrogens with one attached hydrogen (secondary N) is 1. The molecule has 1 saturated heterocycles. The summed E-state index contributed by atoms with van der Waals surface area (Å²) in [4.78, 5) is 23.1. The van der Waals surface area contributed by atoms with Crippen LogP contribution in [-0.4, -0.2) is 24.5 Å². The largest absolute Gasteiger partial charge is 0.463 e. The lowest BCUT2D eigenvalue weighted by Gasteiger charge is -2.15. The molecular weight excluding hydrogens is 278 g/mol. The highest BCUT2D eigenvalue weighted by molar-refractivity contribution is 6.30. The molecule has 20 heavy (non-hydrogen) atoms. The molecule has 0 saturated carbocycles. The third kappa shape index (κ3) is 3.61. The predicted molar refractivity (Wildman–Crippen MR) is 77.2 cm³/mol. The summed E-state index contributed by atoms with van der Waals surface area (Å²) in [5.74, 6) is -0.405. The van der Waals surface area contributed by atoms with Gasteiger partial charge >= 0.3 is 5.97 Å². The summed E-state index contributed by atoms with van der Waals surface area (Å²) in [6, 6.07) is 7.02. The van der Waals surface area contributed by atoms with Crippen molar-refractivity contribution in [3.8, 4) is 0 Å². The van der Waals surface area contributed by atoms with Crippen molar-refractivity contribution in [2.75, 3.05) is 6.61 Å². The third-order valence-electron chi connectivity index (χ3n) is 3.11. The number of carbonyl (C=O) groups excluding carboxylic acids is 2. The molecule has 106 valence electrons. The molecule has 1 aromatic carbocycles. The van der Waals surface area contributed by atoms with Crippen LogP contribution in [0.5, 0.6) is 0 Å². The quantitative estimate of drug-likeness (QED) is 0.686. The van der Waals surface area contributed by atoms with E-state index in [2.05, 4.69) is 5.32 Å². The molecule has 2 rings (SSSR count). The van der Waals surface area contributed by atoms with E-state index in [9.17, 15) is 9.59 Å². The van der Waals surface area contributed by atoms with Crippen LogP contribution in [-0.2, 0) is 14.3 Å². The number of hydrogen-bond acceptors (Lipinski definition) is 3. The van der Waals surface area contributed by atoms with E-state index in [4.69, 9.17) is 16.3 Å². The van der Waals surface area contributed by atoms with E-state index in [0.717, 1.165) is 11.1 Å². The molecule has 5 heteroatoms. The monoisotopic (exact) mass is 293 g/mol. The fourth-order valence-electron chi connectivity index (χ4n) is 2.19. The lowest BCUT2D eigenvalue weighted by Crippen LogP contribution is -2.27. The van der Waals surface area contributed by atoms with Crippen molar-refractivity contribution in [2.24, 2.45) is 0 Å². The maximum atomic E-state index is 11.7. The Morgan fingerprint density at radius 3 is 2.70 bits per heavy atom. The standard InChI is InChI=1S/C15H16ClNO3/c1-2-20-15(19)9-12(13-7-8-14(18)17-13)10-3-5-11(16)6-4-10/h3-6,9,13H,2,7-8H2,1H3,(H,17,18)/b12-9+. The Balaban J connectivity index is 2.30. The van der Waals surface area contributed by atoms with Crippen LogP contribution < -0.4 is 5.32 Å². The van der Waals surface area contributed by atoms with Gasteiger partial charge in [-0.3, -0.25) is 4.79 Å². The first-order chi connectivity index (χ1) is 9.60. The minimum absolute atomic E-state index is 0.00118. The summed E-state index contributed by atoms with van der Waals surface area (Å²) in [6.07, 6.45) is 2.59. The van der Waals surface area contributed by atoms with Gasteiger partial charge < -0.3 is 10.1 Å². The van der Waals surface area contributed by atoms with Gasteiger partial charge in [0.05, 0.1) is 12.6 Å². The molecule has 0 aliphatic carbocycles. The van der Waals surface area contributed by atoms with Gasteiger partial charge in [-0.1, -0.05) is 23.7 Å². The minimum atomic E-state index is -0.404. The second kappa shape index (κ2) is 6.57. The van der Waals surface area contributed by atoms with Crippen LogP contribution in [0.15, 0.2) is 30.3 Å². The summed E-state index contributed by atoms with van der Waals surface area (Å²) < 4.78 is 4.95. The second-order valence-corrected chi connectivity index (χ2v) is 4.95. The van der Waals surface area contributed by atoms with Crippen molar-refractivity contribution in [2.45, 2.75) is 25.8 Å². The van der Waals surface area contributed by atoms with Gasteiger partial charge in [0.25, 0.3) is 0 Å². The zero-order valence-electron chi connectivity index (χ0n) is 11.2. The number of rotatable bonds is 4. The van der Waals surface area contributed by atoms with Crippen LogP contribution in [0.25, 0.3) is 5.57 Å². The molecule has 0 aromatic heterocycles. The van der Waals surface area contributed by atoms with Crippen LogP contribution in [0.1, 0.15) is 25.3 Å². The molecule has 1 unspecified atom stereocenters. The molecule has 4 nitrogen and oxygen atoms in total. The second-order valence-electron chi connectivity index (χ2n) is 4.52. The van der Waals surface area contributed by atoms with Crippen molar-refractivity contribution >= 4 is 29.1 Å². The van der Waals surface area contributed by atoms with Gasteiger partial charge in [-0.05, 0) is 36.6 Å². The van der Waals surface area contributed by atoms with Gasteiger partial charge in [0, 0.05) is 17.5 Å². The van der Waals surface area contributed by atoms with Crippen LogP contribution in [0.4, 0.5) is 0 Å². The van der Waals surface area contributed by atoms with E-state index in [1.807, 2.05) is 12.1 Å². The zero-order chi connectivity index (χ0) is 14.5. The van der Waals surface area contributed by atoms with Crippen molar-refractivity contribution < 1.29 is 14.3 Å². The van der Waals surface area contributed by atoms with Gasteiger partial charge in [-0.2, -0.15) is 0 Å². The molecular formula is C15H16ClNO3. The number of carbonyl (C=O) groups is 2. The molecule has 1 aliphatic heterocycles. The number of esters is 1. The van der Waals surface area contributed by atoms with Gasteiger partial charge in [0.2, 0.25) is 5.91 Å². The average molecular weight is 294 g/mol. The van der Waals surface area contributed by atoms with Gasteiger partial charge in [0.15, 0.2) is 0 Å². The third-order valence-corrected chi connectivity index (χ3v) is 3.36. The maximum Gasteiger partial charge on any atom is 0.331 e. The lowest BCUT2D eigenvalue weighted by molar-refractivity contribution is -0.137. The van der Waals surface area contributed by atoms with Gasteiger partial charge in [0.1, 0.15) is 0 Å². The first kappa shape index (κ1) is 14.6. The summed E-state index contributed by atoms with van der Waals surface area (Å²) in [5.41, 5.74) is 1.61. The van der Waals surface area contributed by atoms with E-state index >= 15 is 0 Å². The molecule has 1 aliphatic rings. The van der Waals surface area contributed by atoms with Crippen LogP contribution in [0.2, 0.25) is 5.02 Å². The first-order valence-electron chi connectivity index (χ1n) is 6.54. The number of hydrogen-bond donors (Lipinski definition) is 1. The van der Waals surface area contributed by atoms with Crippen LogP contribution in [0, 0.1) is 0 Å². The summed E-state index contributed by atoms with van der Waals surface area (Å²) in [7, 11) is 0. The Bertz CT molecular complexity index is 537. The van der Waals surface area contributed by atoms with E-state index in [-0.39, 0.29) is 11.9 Å². The van der Waals surface area contributed by atoms with Crippen LogP contribution >= 0.6 is 11.6 Å². The van der Waals surface area contributed by atoms with Crippen LogP contribution in [0.3, 0.4) is 0 Å². The molecule has 0 spiro atoms. The fourth-order valence-corrected chi connectivity index (χ4v) is 2.31. The van der Waals surface area contributed by atoms with Gasteiger partial charge in [-0.25, -0.2) is 4.79 Å². The van der Waals surface area contributed by atoms with Crippen molar-refractivity contribution in [1.29, 1.82) is 0 Å². The highest BCUT2D eigenvalue weighted by atomic mass is 35.5. The van der Waals surface area contributed by atoms with E-state index in [0.29, 0.717) is 24.5 Å². The Labute approximate surface area is 122 Å². The minimum Gasteiger partial charge on any atom is -0.463 e. The Morgan fingerprint density at radius 2 is 2.15 bits per heavy atom. The molecule has 1 heterocycles. The molecule has 1 amide bonds. The molecule has 1 aromatic rings. The lowest BCUT2D eigenvalue weighted by atomic mass is 9.97. The Kier molecular flexibility index (Phi) is 4.79. The number of benzene rings is 1. The van der Waals surface area contributed by atoms with Crippen molar-refractivity contribution in [1.82, 2.24) is 5.32 Å². The highest BCUT2D eigenvalue weighted by Gasteiger charge is 2.25. The van der Waals surface area contributed by atoms with E-state index in [1.54, 1.807) is 19.1 Å². The predicted octanol–water partition coefficient (Wildman–Crippen LogP) is 2.57. The molecule has 1 fully saturated rings.